The van der Waals surface area contributed by atoms with Crippen LogP contribution in [-0.2, 0) is 6.42 Å². The van der Waals surface area contributed by atoms with Gasteiger partial charge in [0.2, 0.25) is 0 Å². The monoisotopic (exact) mass is 552 g/mol. The number of hydrogen-bond acceptors (Lipinski definition) is 1. The maximum Gasteiger partial charge on any atom is 0.573 e. The minimum absolute atomic E-state index is 0.178. The molecule has 0 atom stereocenters. The van der Waals surface area contributed by atoms with Gasteiger partial charge in [-0.15, -0.1) is 13.2 Å². The summed E-state index contributed by atoms with van der Waals surface area (Å²) in [4.78, 5) is 0. The standard InChI is InChI=1S/C31H41F5OSi/c1-2-3-4-17-38-18-15-25(16-19-38)24-9-7-22(8-10-24)5-6-23-20-28(32)30(29(33)21-23)26-11-13-27(14-12-26)37-31(34,35)36/h11-14,20-22,24-25,38H,2-10,15-19H2,1H3/t22-,24-,25?,38?. The van der Waals surface area contributed by atoms with Crippen LogP contribution in [-0.4, -0.2) is 15.2 Å². The molecule has 2 aromatic rings. The van der Waals surface area contributed by atoms with Crippen molar-refractivity contribution in [2.45, 2.75) is 102 Å². The van der Waals surface area contributed by atoms with E-state index in [1.807, 2.05) is 0 Å². The number of halogens is 5. The lowest BCUT2D eigenvalue weighted by molar-refractivity contribution is -0.274. The van der Waals surface area contributed by atoms with Gasteiger partial charge in [0.1, 0.15) is 17.4 Å². The molecule has 0 radical (unpaired) electrons. The van der Waals surface area contributed by atoms with Crippen LogP contribution in [0.2, 0.25) is 18.1 Å². The number of benzene rings is 2. The molecule has 0 bridgehead atoms. The van der Waals surface area contributed by atoms with Gasteiger partial charge in [-0.2, -0.15) is 0 Å². The van der Waals surface area contributed by atoms with Crippen LogP contribution < -0.4 is 4.74 Å². The number of hydrogen-bond donors (Lipinski definition) is 0. The molecule has 7 heteroatoms. The van der Waals surface area contributed by atoms with Gasteiger partial charge >= 0.3 is 6.36 Å². The maximum absolute atomic E-state index is 14.9. The van der Waals surface area contributed by atoms with E-state index in [-0.39, 0.29) is 11.1 Å². The quantitative estimate of drug-likeness (QED) is 0.162. The van der Waals surface area contributed by atoms with Gasteiger partial charge in [-0.1, -0.05) is 82.1 Å². The zero-order valence-electron chi connectivity index (χ0n) is 22.5. The van der Waals surface area contributed by atoms with Crippen molar-refractivity contribution >= 4 is 8.80 Å². The van der Waals surface area contributed by atoms with Gasteiger partial charge in [0.05, 0.1) is 5.56 Å². The van der Waals surface area contributed by atoms with Crippen molar-refractivity contribution in [2.75, 3.05) is 0 Å². The van der Waals surface area contributed by atoms with E-state index in [0.717, 1.165) is 30.4 Å². The Morgan fingerprint density at radius 2 is 1.45 bits per heavy atom. The van der Waals surface area contributed by atoms with Gasteiger partial charge in [-0.25, -0.2) is 8.78 Å². The van der Waals surface area contributed by atoms with Crippen LogP contribution in [0.3, 0.4) is 0 Å². The number of aryl methyl sites for hydroxylation is 1. The van der Waals surface area contributed by atoms with E-state index >= 15 is 0 Å². The smallest absolute Gasteiger partial charge is 0.406 e. The average molecular weight is 553 g/mol. The van der Waals surface area contributed by atoms with Crippen LogP contribution in [0.4, 0.5) is 22.0 Å². The van der Waals surface area contributed by atoms with Crippen LogP contribution in [0.5, 0.6) is 5.75 Å². The molecular formula is C31H41F5OSi. The maximum atomic E-state index is 14.9. The van der Waals surface area contributed by atoms with Crippen molar-refractivity contribution < 1.29 is 26.7 Å². The summed E-state index contributed by atoms with van der Waals surface area (Å²) in [5.41, 5.74) is 0.585. The molecule has 4 rings (SSSR count). The minimum atomic E-state index is -4.81. The van der Waals surface area contributed by atoms with Gasteiger partial charge in [-0.05, 0) is 78.8 Å². The second-order valence-corrected chi connectivity index (χ2v) is 15.1. The van der Waals surface area contributed by atoms with E-state index in [1.165, 1.54) is 82.1 Å². The van der Waals surface area contributed by atoms with Crippen LogP contribution in [0.25, 0.3) is 11.1 Å². The molecule has 0 amide bonds. The highest BCUT2D eigenvalue weighted by Crippen LogP contribution is 2.42. The van der Waals surface area contributed by atoms with E-state index in [0.29, 0.717) is 17.9 Å². The first kappa shape index (κ1) is 29.1. The molecule has 0 aromatic heterocycles. The average Bonchev–Trinajstić information content (AvgIpc) is 2.88. The highest BCUT2D eigenvalue weighted by Gasteiger charge is 2.32. The summed E-state index contributed by atoms with van der Waals surface area (Å²) in [7, 11) is -0.460. The third kappa shape index (κ3) is 8.30. The fourth-order valence-corrected chi connectivity index (χ4v) is 10.4. The SMILES string of the molecule is CCCCC[SiH]1CCC([C@H]2CC[C@H](CCc3cc(F)c(-c4ccc(OC(F)(F)F)cc4)c(F)c3)CC2)CC1. The van der Waals surface area contributed by atoms with Crippen LogP contribution in [0.15, 0.2) is 36.4 Å². The molecule has 0 N–H and O–H groups in total. The van der Waals surface area contributed by atoms with Gasteiger partial charge in [0.25, 0.3) is 0 Å². The highest BCUT2D eigenvalue weighted by molar-refractivity contribution is 6.58. The molecule has 1 saturated heterocycles. The van der Waals surface area contributed by atoms with Crippen molar-refractivity contribution in [3.63, 3.8) is 0 Å². The Bertz CT molecular complexity index is 983. The molecular weight excluding hydrogens is 511 g/mol. The highest BCUT2D eigenvalue weighted by atomic mass is 28.3. The Hall–Kier alpha value is -1.89. The predicted octanol–water partition coefficient (Wildman–Crippen LogP) is 10.1. The zero-order valence-corrected chi connectivity index (χ0v) is 23.6. The predicted molar refractivity (Wildman–Crippen MR) is 146 cm³/mol. The molecule has 210 valence electrons. The number of alkyl halides is 3. The molecule has 2 fully saturated rings. The zero-order chi connectivity index (χ0) is 27.1. The van der Waals surface area contributed by atoms with Crippen molar-refractivity contribution in [3.05, 3.63) is 53.6 Å². The molecule has 1 nitrogen and oxygen atoms in total. The lowest BCUT2D eigenvalue weighted by Crippen LogP contribution is -2.28. The summed E-state index contributed by atoms with van der Waals surface area (Å²) in [5, 5.41) is 0. The van der Waals surface area contributed by atoms with Crippen LogP contribution >= 0.6 is 0 Å². The van der Waals surface area contributed by atoms with E-state index < -0.39 is 32.5 Å². The van der Waals surface area contributed by atoms with E-state index in [9.17, 15) is 22.0 Å². The Labute approximate surface area is 225 Å². The van der Waals surface area contributed by atoms with Crippen LogP contribution in [0.1, 0.15) is 76.7 Å². The molecule has 1 aliphatic carbocycles. The first-order valence-electron chi connectivity index (χ1n) is 14.6. The molecule has 1 saturated carbocycles. The third-order valence-corrected chi connectivity index (χ3v) is 12.5. The van der Waals surface area contributed by atoms with E-state index in [4.69, 9.17) is 0 Å². The number of ether oxygens (including phenoxy) is 1. The van der Waals surface area contributed by atoms with Gasteiger partial charge in [-0.3, -0.25) is 0 Å². The van der Waals surface area contributed by atoms with Gasteiger partial charge < -0.3 is 4.74 Å². The Morgan fingerprint density at radius 3 is 2.03 bits per heavy atom. The molecule has 2 aliphatic rings. The molecule has 1 aliphatic heterocycles. The molecule has 1 heterocycles. The first-order valence-corrected chi connectivity index (χ1v) is 17.0. The molecule has 0 spiro atoms. The summed E-state index contributed by atoms with van der Waals surface area (Å²) in [6, 6.07) is 12.0. The summed E-state index contributed by atoms with van der Waals surface area (Å²) in [6.45, 7) is 2.29. The number of rotatable bonds is 10. The normalized spacial score (nSPS) is 24.4. The molecule has 0 unspecified atom stereocenters. The summed E-state index contributed by atoms with van der Waals surface area (Å²) in [6.07, 6.45) is 8.88. The summed E-state index contributed by atoms with van der Waals surface area (Å²) in [5.74, 6) is 0.599. The Kier molecular flexibility index (Phi) is 10.3. The Morgan fingerprint density at radius 1 is 0.842 bits per heavy atom. The Balaban J connectivity index is 1.23. The lowest BCUT2D eigenvalue weighted by Gasteiger charge is -2.37. The van der Waals surface area contributed by atoms with Crippen molar-refractivity contribution in [1.29, 1.82) is 0 Å². The van der Waals surface area contributed by atoms with E-state index in [1.54, 1.807) is 18.1 Å². The first-order chi connectivity index (χ1) is 18.2. The van der Waals surface area contributed by atoms with Crippen molar-refractivity contribution in [1.82, 2.24) is 0 Å². The van der Waals surface area contributed by atoms with Gasteiger partial charge in [0.15, 0.2) is 0 Å². The third-order valence-electron chi connectivity index (χ3n) is 8.99. The lowest BCUT2D eigenvalue weighted by atomic mass is 9.73. The topological polar surface area (TPSA) is 9.23 Å². The molecule has 38 heavy (non-hydrogen) atoms. The fourth-order valence-electron chi connectivity index (χ4n) is 6.82. The second-order valence-electron chi connectivity index (χ2n) is 11.6. The van der Waals surface area contributed by atoms with Crippen molar-refractivity contribution in [2.24, 2.45) is 17.8 Å². The summed E-state index contributed by atoms with van der Waals surface area (Å²) < 4.78 is 70.6. The molecule has 2 aromatic carbocycles. The van der Waals surface area contributed by atoms with Crippen LogP contribution in [0, 0.1) is 29.4 Å². The van der Waals surface area contributed by atoms with Gasteiger partial charge in [0, 0.05) is 8.80 Å². The van der Waals surface area contributed by atoms with E-state index in [2.05, 4.69) is 11.7 Å². The minimum Gasteiger partial charge on any atom is -0.406 e. The second kappa shape index (κ2) is 13.4. The largest absolute Gasteiger partial charge is 0.573 e. The fraction of sp³-hybridized carbons (Fsp3) is 0.613. The van der Waals surface area contributed by atoms with Crippen molar-refractivity contribution in [3.8, 4) is 16.9 Å². The summed E-state index contributed by atoms with van der Waals surface area (Å²) >= 11 is 0. The number of unbranched alkanes of at least 4 members (excludes halogenated alkanes) is 2.